The maximum Gasteiger partial charge on any atom is 0.272 e. The van der Waals surface area contributed by atoms with Gasteiger partial charge in [0.1, 0.15) is 0 Å². The number of anilines is 1. The third kappa shape index (κ3) is 3.53. The minimum atomic E-state index is -1.10. The quantitative estimate of drug-likeness (QED) is 0.470. The van der Waals surface area contributed by atoms with E-state index in [0.717, 1.165) is 5.56 Å². The highest BCUT2D eigenvalue weighted by molar-refractivity contribution is 5.49. The van der Waals surface area contributed by atoms with E-state index in [-0.39, 0.29) is 10.6 Å². The molecule has 3 aromatic rings. The predicted octanol–water partition coefficient (Wildman–Crippen LogP) is 4.47. The van der Waals surface area contributed by atoms with E-state index < -0.39 is 23.1 Å². The van der Waals surface area contributed by atoms with Gasteiger partial charge in [-0.15, -0.1) is 0 Å². The number of nitro benzene ring substituents is 1. The Hall–Kier alpha value is -3.78. The van der Waals surface area contributed by atoms with Gasteiger partial charge in [0.2, 0.25) is 0 Å². The van der Waals surface area contributed by atoms with Crippen LogP contribution in [0, 0.1) is 20.2 Å². The Labute approximate surface area is 166 Å². The first-order valence-electron chi connectivity index (χ1n) is 9.00. The molecule has 0 spiro atoms. The number of hydrogen-bond acceptors (Lipinski definition) is 6. The molecule has 29 heavy (non-hydrogen) atoms. The number of benzene rings is 3. The third-order valence-corrected chi connectivity index (χ3v) is 4.94. The summed E-state index contributed by atoms with van der Waals surface area (Å²) in [5, 5.41) is 24.6. The van der Waals surface area contributed by atoms with E-state index in [9.17, 15) is 20.2 Å². The summed E-state index contributed by atoms with van der Waals surface area (Å²) >= 11 is 0. The van der Waals surface area contributed by atoms with Crippen LogP contribution >= 0.6 is 0 Å². The van der Waals surface area contributed by atoms with Crippen molar-refractivity contribution in [2.75, 3.05) is 5.06 Å². The van der Waals surface area contributed by atoms with Crippen LogP contribution in [0.4, 0.5) is 11.4 Å². The van der Waals surface area contributed by atoms with Gasteiger partial charge in [0, 0.05) is 17.1 Å². The highest BCUT2D eigenvalue weighted by atomic mass is 16.7. The van der Waals surface area contributed by atoms with Crippen LogP contribution in [0.2, 0.25) is 0 Å². The molecule has 0 N–H and O–H groups in total. The van der Waals surface area contributed by atoms with Crippen LogP contribution < -0.4 is 5.06 Å². The average molecular weight is 391 g/mol. The van der Waals surface area contributed by atoms with Crippen molar-refractivity contribution in [2.24, 2.45) is 0 Å². The molecule has 8 nitrogen and oxygen atoms in total. The summed E-state index contributed by atoms with van der Waals surface area (Å²) in [6, 6.07) is 22.3. The van der Waals surface area contributed by atoms with Gasteiger partial charge in [0.25, 0.3) is 11.7 Å². The van der Waals surface area contributed by atoms with Crippen molar-refractivity contribution in [3.05, 3.63) is 116 Å². The molecular weight excluding hydrogens is 374 g/mol. The first kappa shape index (κ1) is 18.6. The van der Waals surface area contributed by atoms with E-state index >= 15 is 0 Å². The number of hydroxylamine groups is 1. The molecule has 146 valence electrons. The fraction of sp³-hybridized carbons (Fsp3) is 0.143. The summed E-state index contributed by atoms with van der Waals surface area (Å²) in [5.74, 6) is 0. The topological polar surface area (TPSA) is 98.8 Å². The molecule has 1 fully saturated rings. The molecular formula is C21H17N3O5. The van der Waals surface area contributed by atoms with Gasteiger partial charge in [-0.2, -0.15) is 0 Å². The summed E-state index contributed by atoms with van der Waals surface area (Å²) < 4.78 is 0. The summed E-state index contributed by atoms with van der Waals surface area (Å²) in [7, 11) is 0. The molecule has 3 aromatic carbocycles. The van der Waals surface area contributed by atoms with E-state index in [4.69, 9.17) is 4.84 Å². The Morgan fingerprint density at radius 3 is 1.90 bits per heavy atom. The van der Waals surface area contributed by atoms with Gasteiger partial charge in [-0.3, -0.25) is 25.1 Å². The van der Waals surface area contributed by atoms with Crippen LogP contribution in [0.1, 0.15) is 23.3 Å². The molecule has 0 aromatic heterocycles. The Kier molecular flexibility index (Phi) is 4.92. The predicted molar refractivity (Wildman–Crippen MR) is 106 cm³/mol. The highest BCUT2D eigenvalue weighted by Gasteiger charge is 2.53. The maximum atomic E-state index is 12.1. The molecule has 8 heteroatoms. The van der Waals surface area contributed by atoms with Crippen LogP contribution in [0.25, 0.3) is 0 Å². The second-order valence-corrected chi connectivity index (χ2v) is 6.67. The van der Waals surface area contributed by atoms with Gasteiger partial charge in [0.05, 0.1) is 10.6 Å². The lowest BCUT2D eigenvalue weighted by Crippen LogP contribution is -2.32. The third-order valence-electron chi connectivity index (χ3n) is 4.94. The van der Waals surface area contributed by atoms with Crippen LogP contribution in [0.5, 0.6) is 0 Å². The molecule has 1 saturated heterocycles. The molecule has 4 rings (SSSR count). The second kappa shape index (κ2) is 7.69. The minimum Gasteiger partial charge on any atom is -0.264 e. The monoisotopic (exact) mass is 391 g/mol. The van der Waals surface area contributed by atoms with Crippen molar-refractivity contribution in [3.8, 4) is 0 Å². The number of para-hydroxylation sites is 1. The SMILES string of the molecule is O=[N+]([O-])c1ccc([C@H]2ON(c3ccccc3)[C@@H](c3ccccc3)[C@@H]2[N+](=O)[O-])cc1. The molecule has 0 amide bonds. The van der Waals surface area contributed by atoms with Gasteiger partial charge in [0.15, 0.2) is 12.1 Å². The lowest BCUT2D eigenvalue weighted by atomic mass is 9.93. The van der Waals surface area contributed by atoms with Gasteiger partial charge < -0.3 is 0 Å². The number of nitro groups is 2. The van der Waals surface area contributed by atoms with Crippen LogP contribution in [0.15, 0.2) is 84.9 Å². The van der Waals surface area contributed by atoms with E-state index in [1.165, 1.54) is 24.3 Å². The van der Waals surface area contributed by atoms with E-state index in [2.05, 4.69) is 0 Å². The van der Waals surface area contributed by atoms with Crippen molar-refractivity contribution in [1.82, 2.24) is 0 Å². The fourth-order valence-corrected chi connectivity index (χ4v) is 3.60. The Balaban J connectivity index is 1.80. The first-order chi connectivity index (χ1) is 14.1. The molecule has 0 aliphatic carbocycles. The zero-order valence-corrected chi connectivity index (χ0v) is 15.2. The summed E-state index contributed by atoms with van der Waals surface area (Å²) in [4.78, 5) is 28.3. The Morgan fingerprint density at radius 2 is 1.34 bits per heavy atom. The standard InChI is InChI=1S/C21H17N3O5/c25-23(26)18-13-11-16(12-14-18)21-20(24(27)28)19(15-7-3-1-4-8-15)22(29-21)17-9-5-2-6-10-17/h1-14,19-21H/t19-,20-,21+/m0/s1. The lowest BCUT2D eigenvalue weighted by Gasteiger charge is -2.24. The molecule has 1 aliphatic rings. The minimum absolute atomic E-state index is 0.0797. The second-order valence-electron chi connectivity index (χ2n) is 6.67. The molecule has 0 bridgehead atoms. The number of rotatable bonds is 5. The first-order valence-corrected chi connectivity index (χ1v) is 9.00. The fourth-order valence-electron chi connectivity index (χ4n) is 3.60. The lowest BCUT2D eigenvalue weighted by molar-refractivity contribution is -0.531. The van der Waals surface area contributed by atoms with Gasteiger partial charge in [-0.25, -0.2) is 5.06 Å². The average Bonchev–Trinajstić information content (AvgIpc) is 3.16. The van der Waals surface area contributed by atoms with Crippen LogP contribution in [-0.2, 0) is 4.84 Å². The summed E-state index contributed by atoms with van der Waals surface area (Å²) in [6.45, 7) is 0. The number of non-ortho nitro benzene ring substituents is 1. The van der Waals surface area contributed by atoms with E-state index in [0.29, 0.717) is 11.3 Å². The van der Waals surface area contributed by atoms with Crippen molar-refractivity contribution in [3.63, 3.8) is 0 Å². The maximum absolute atomic E-state index is 12.1. The van der Waals surface area contributed by atoms with Gasteiger partial charge in [-0.1, -0.05) is 48.5 Å². The van der Waals surface area contributed by atoms with E-state index in [1.807, 2.05) is 60.7 Å². The highest BCUT2D eigenvalue weighted by Crippen LogP contribution is 2.45. The van der Waals surface area contributed by atoms with Crippen molar-refractivity contribution in [2.45, 2.75) is 18.2 Å². The molecule has 3 atom stereocenters. The number of hydrogen-bond donors (Lipinski definition) is 0. The molecule has 0 saturated carbocycles. The summed E-state index contributed by atoms with van der Waals surface area (Å²) in [5.41, 5.74) is 1.88. The van der Waals surface area contributed by atoms with E-state index in [1.54, 1.807) is 5.06 Å². The van der Waals surface area contributed by atoms with Crippen LogP contribution in [-0.4, -0.2) is 15.9 Å². The van der Waals surface area contributed by atoms with Crippen LogP contribution in [0.3, 0.4) is 0 Å². The largest absolute Gasteiger partial charge is 0.272 e. The molecule has 1 aliphatic heterocycles. The normalized spacial score (nSPS) is 21.1. The zero-order valence-electron chi connectivity index (χ0n) is 15.2. The summed E-state index contributed by atoms with van der Waals surface area (Å²) in [6.07, 6.45) is -0.892. The Morgan fingerprint density at radius 1 is 0.759 bits per heavy atom. The molecule has 1 heterocycles. The smallest absolute Gasteiger partial charge is 0.264 e. The molecule has 0 radical (unpaired) electrons. The van der Waals surface area contributed by atoms with Crippen molar-refractivity contribution in [1.29, 1.82) is 0 Å². The molecule has 0 unspecified atom stereocenters. The number of nitrogens with zero attached hydrogens (tertiary/aromatic N) is 3. The van der Waals surface area contributed by atoms with Crippen molar-refractivity contribution < 1.29 is 14.7 Å². The van der Waals surface area contributed by atoms with Gasteiger partial charge in [-0.05, 0) is 35.4 Å². The Bertz CT molecular complexity index is 1010. The zero-order chi connectivity index (χ0) is 20.4. The van der Waals surface area contributed by atoms with Crippen molar-refractivity contribution >= 4 is 11.4 Å². The van der Waals surface area contributed by atoms with Gasteiger partial charge >= 0.3 is 0 Å².